The number of carbonyl (C=O) groups excluding carboxylic acids is 1. The van der Waals surface area contributed by atoms with Crippen LogP contribution < -0.4 is 10.6 Å². The van der Waals surface area contributed by atoms with E-state index in [1.54, 1.807) is 18.3 Å². The summed E-state index contributed by atoms with van der Waals surface area (Å²) in [5, 5.41) is 0. The van der Waals surface area contributed by atoms with E-state index >= 15 is 0 Å². The molecule has 1 aromatic heterocycles. The zero-order valence-corrected chi connectivity index (χ0v) is 16.7. The fraction of sp³-hybridized carbons (Fsp3) is 0.478. The zero-order chi connectivity index (χ0) is 19.6. The van der Waals surface area contributed by atoms with Gasteiger partial charge in [-0.3, -0.25) is 4.79 Å². The fourth-order valence-corrected chi connectivity index (χ4v) is 5.09. The van der Waals surface area contributed by atoms with Crippen molar-refractivity contribution < 1.29 is 4.79 Å². The molecule has 2 saturated heterocycles. The number of rotatable bonds is 4. The topological polar surface area (TPSA) is 62.5 Å². The first-order valence-corrected chi connectivity index (χ1v) is 10.4. The van der Waals surface area contributed by atoms with Gasteiger partial charge in [0.2, 0.25) is 0 Å². The number of primary amides is 1. The highest BCUT2D eigenvalue weighted by Crippen LogP contribution is 2.45. The number of hydrogen-bond donors (Lipinski definition) is 1. The number of nitrogens with zero attached hydrogens (tertiary/aromatic N) is 3. The second kappa shape index (κ2) is 7.92. The third-order valence-electron chi connectivity index (χ3n) is 6.61. The molecule has 0 saturated carbocycles. The van der Waals surface area contributed by atoms with Gasteiger partial charge < -0.3 is 15.5 Å². The van der Waals surface area contributed by atoms with Gasteiger partial charge in [-0.25, -0.2) is 4.98 Å². The highest BCUT2D eigenvalue weighted by molar-refractivity contribution is 5.97. The quantitative estimate of drug-likeness (QED) is 0.887. The minimum Gasteiger partial charge on any atom is -0.365 e. The normalized spacial score (nSPS) is 22.3. The minimum absolute atomic E-state index is 0.340. The Balaban J connectivity index is 1.52. The molecule has 2 aliphatic rings. The molecular formula is C23H30N4O. The summed E-state index contributed by atoms with van der Waals surface area (Å²) in [5.41, 5.74) is 7.89. The molecule has 1 atom stereocenters. The molecule has 2 aliphatic heterocycles. The summed E-state index contributed by atoms with van der Waals surface area (Å²) in [7, 11) is 0. The second-order valence-electron chi connectivity index (χ2n) is 8.37. The summed E-state index contributed by atoms with van der Waals surface area (Å²) in [5.74, 6) is 0.937. The molecule has 2 N–H and O–H groups in total. The molecule has 5 heteroatoms. The molecule has 1 aromatic carbocycles. The number of likely N-dealkylation sites (tertiary alicyclic amines) is 1. The number of amides is 1. The van der Waals surface area contributed by atoms with Crippen molar-refractivity contribution in [1.82, 2.24) is 9.88 Å². The van der Waals surface area contributed by atoms with Gasteiger partial charge in [0.1, 0.15) is 5.82 Å². The van der Waals surface area contributed by atoms with Crippen LogP contribution in [0.3, 0.4) is 0 Å². The van der Waals surface area contributed by atoms with Crippen LogP contribution in [0.4, 0.5) is 5.82 Å². The number of pyridine rings is 1. The standard InChI is InChI=1S/C23H30N4O/c1-2-26-16-19(18-7-4-3-5-8-18)15-23(17-26)10-13-27(14-11-23)22-20(21(24)28)9-6-12-25-22/h3-9,12,19H,2,10-11,13-17H2,1H3,(H2,24,28). The monoisotopic (exact) mass is 378 g/mol. The lowest BCUT2D eigenvalue weighted by Gasteiger charge is -2.50. The molecule has 28 heavy (non-hydrogen) atoms. The molecule has 1 spiro atoms. The van der Waals surface area contributed by atoms with E-state index in [1.165, 1.54) is 18.5 Å². The average Bonchev–Trinajstić information content (AvgIpc) is 2.74. The Morgan fingerprint density at radius 3 is 2.61 bits per heavy atom. The summed E-state index contributed by atoms with van der Waals surface area (Å²) < 4.78 is 0. The number of nitrogens with two attached hydrogens (primary N) is 1. The van der Waals surface area contributed by atoms with Crippen LogP contribution in [-0.4, -0.2) is 48.5 Å². The lowest BCUT2D eigenvalue weighted by atomic mass is 9.68. The zero-order valence-electron chi connectivity index (χ0n) is 16.7. The second-order valence-corrected chi connectivity index (χ2v) is 8.37. The number of piperidine rings is 2. The van der Waals surface area contributed by atoms with Crippen LogP contribution >= 0.6 is 0 Å². The van der Waals surface area contributed by atoms with Gasteiger partial charge in [0.15, 0.2) is 0 Å². The van der Waals surface area contributed by atoms with E-state index in [1.807, 2.05) is 0 Å². The smallest absolute Gasteiger partial charge is 0.252 e. The number of hydrogen-bond acceptors (Lipinski definition) is 4. The predicted octanol–water partition coefficient (Wildman–Crippen LogP) is 3.28. The molecule has 2 fully saturated rings. The Labute approximate surface area is 167 Å². The van der Waals surface area contributed by atoms with Crippen LogP contribution in [0.5, 0.6) is 0 Å². The van der Waals surface area contributed by atoms with Crippen LogP contribution in [0, 0.1) is 5.41 Å². The molecule has 0 bridgehead atoms. The van der Waals surface area contributed by atoms with Crippen molar-refractivity contribution >= 4 is 11.7 Å². The number of likely N-dealkylation sites (N-methyl/N-ethyl adjacent to an activating group) is 1. The number of carbonyl (C=O) groups is 1. The molecular weight excluding hydrogens is 348 g/mol. The number of benzene rings is 1. The average molecular weight is 379 g/mol. The lowest BCUT2D eigenvalue weighted by molar-refractivity contribution is 0.0543. The number of anilines is 1. The molecule has 2 aromatic rings. The van der Waals surface area contributed by atoms with Crippen molar-refractivity contribution in [1.29, 1.82) is 0 Å². The summed E-state index contributed by atoms with van der Waals surface area (Å²) in [4.78, 5) is 21.1. The fourth-order valence-electron chi connectivity index (χ4n) is 5.09. The van der Waals surface area contributed by atoms with E-state index in [0.29, 0.717) is 16.9 Å². The third-order valence-corrected chi connectivity index (χ3v) is 6.61. The maximum Gasteiger partial charge on any atom is 0.252 e. The lowest BCUT2D eigenvalue weighted by Crippen LogP contribution is -2.52. The van der Waals surface area contributed by atoms with Crippen molar-refractivity contribution in [2.75, 3.05) is 37.6 Å². The van der Waals surface area contributed by atoms with Gasteiger partial charge >= 0.3 is 0 Å². The SMILES string of the molecule is CCN1CC(c2ccccc2)CC2(CCN(c3ncccc3C(N)=O)CC2)C1. The molecule has 0 aliphatic carbocycles. The summed E-state index contributed by atoms with van der Waals surface area (Å²) >= 11 is 0. The van der Waals surface area contributed by atoms with Crippen molar-refractivity contribution in [3.05, 3.63) is 59.8 Å². The van der Waals surface area contributed by atoms with E-state index in [2.05, 4.69) is 52.0 Å². The molecule has 1 unspecified atom stereocenters. The first-order chi connectivity index (χ1) is 13.6. The maximum atomic E-state index is 11.8. The number of aromatic nitrogens is 1. The van der Waals surface area contributed by atoms with E-state index < -0.39 is 5.91 Å². The first-order valence-electron chi connectivity index (χ1n) is 10.4. The van der Waals surface area contributed by atoms with Crippen LogP contribution in [0.15, 0.2) is 48.7 Å². The van der Waals surface area contributed by atoms with Crippen LogP contribution in [0.1, 0.15) is 48.0 Å². The van der Waals surface area contributed by atoms with Gasteiger partial charge in [-0.15, -0.1) is 0 Å². The Morgan fingerprint density at radius 2 is 1.93 bits per heavy atom. The van der Waals surface area contributed by atoms with E-state index in [4.69, 9.17) is 5.73 Å². The molecule has 3 heterocycles. The Kier molecular flexibility index (Phi) is 5.36. The molecule has 4 rings (SSSR count). The summed E-state index contributed by atoms with van der Waals surface area (Å²) in [6.07, 6.45) is 5.24. The minimum atomic E-state index is -0.401. The predicted molar refractivity (Wildman–Crippen MR) is 113 cm³/mol. The van der Waals surface area contributed by atoms with Gasteiger partial charge in [0.25, 0.3) is 5.91 Å². The largest absolute Gasteiger partial charge is 0.365 e. The highest BCUT2D eigenvalue weighted by atomic mass is 16.1. The first kappa shape index (κ1) is 18.9. The Morgan fingerprint density at radius 1 is 1.18 bits per heavy atom. The molecule has 148 valence electrons. The van der Waals surface area contributed by atoms with E-state index in [-0.39, 0.29) is 0 Å². The van der Waals surface area contributed by atoms with Crippen molar-refractivity contribution in [2.45, 2.75) is 32.1 Å². The van der Waals surface area contributed by atoms with Crippen molar-refractivity contribution in [3.63, 3.8) is 0 Å². The van der Waals surface area contributed by atoms with Crippen molar-refractivity contribution in [3.8, 4) is 0 Å². The summed E-state index contributed by atoms with van der Waals surface area (Å²) in [6.45, 7) is 7.54. The van der Waals surface area contributed by atoms with Crippen molar-refractivity contribution in [2.24, 2.45) is 11.1 Å². The maximum absolute atomic E-state index is 11.8. The van der Waals surface area contributed by atoms with Crippen LogP contribution in [0.2, 0.25) is 0 Å². The highest BCUT2D eigenvalue weighted by Gasteiger charge is 2.42. The molecule has 0 radical (unpaired) electrons. The molecule has 1 amide bonds. The summed E-state index contributed by atoms with van der Waals surface area (Å²) in [6, 6.07) is 14.5. The van der Waals surface area contributed by atoms with Gasteiger partial charge in [-0.1, -0.05) is 37.3 Å². The van der Waals surface area contributed by atoms with Gasteiger partial charge in [0.05, 0.1) is 5.56 Å². The Hall–Kier alpha value is -2.40. The molecule has 5 nitrogen and oxygen atoms in total. The third kappa shape index (κ3) is 3.76. The van der Waals surface area contributed by atoms with Gasteiger partial charge in [-0.05, 0) is 54.8 Å². The van der Waals surface area contributed by atoms with Crippen LogP contribution in [0.25, 0.3) is 0 Å². The van der Waals surface area contributed by atoms with Gasteiger partial charge in [-0.2, -0.15) is 0 Å². The van der Waals surface area contributed by atoms with E-state index in [0.717, 1.165) is 44.8 Å². The van der Waals surface area contributed by atoms with E-state index in [9.17, 15) is 4.79 Å². The van der Waals surface area contributed by atoms with Gasteiger partial charge in [0, 0.05) is 32.4 Å². The Bertz CT molecular complexity index is 814. The van der Waals surface area contributed by atoms with Crippen LogP contribution in [-0.2, 0) is 0 Å².